The van der Waals surface area contributed by atoms with Gasteiger partial charge in [-0.2, -0.15) is 0 Å². The topological polar surface area (TPSA) is 58.4 Å². The highest BCUT2D eigenvalue weighted by molar-refractivity contribution is 7.16. The van der Waals surface area contributed by atoms with E-state index in [4.69, 9.17) is 5.73 Å². The van der Waals surface area contributed by atoms with Crippen LogP contribution in [0, 0.1) is 6.92 Å². The number of amides is 1. The zero-order valence-electron chi connectivity index (χ0n) is 12.3. The fourth-order valence-corrected chi connectivity index (χ4v) is 3.90. The molecule has 0 saturated heterocycles. The molecule has 0 saturated carbocycles. The van der Waals surface area contributed by atoms with E-state index >= 15 is 0 Å². The summed E-state index contributed by atoms with van der Waals surface area (Å²) in [6, 6.07) is 7.78. The molecule has 0 radical (unpaired) electrons. The van der Waals surface area contributed by atoms with Crippen LogP contribution in [0.15, 0.2) is 24.3 Å². The van der Waals surface area contributed by atoms with Crippen molar-refractivity contribution in [3.63, 3.8) is 0 Å². The first-order valence-corrected chi connectivity index (χ1v) is 7.83. The number of rotatable bonds is 2. The molecule has 3 rings (SSSR count). The van der Waals surface area contributed by atoms with Crippen LogP contribution >= 0.6 is 11.3 Å². The molecule has 0 atom stereocenters. The number of para-hydroxylation sites is 1. The van der Waals surface area contributed by atoms with Crippen LogP contribution in [0.5, 0.6) is 0 Å². The number of benzene rings is 1. The first kappa shape index (κ1) is 14.1. The molecule has 0 aliphatic carbocycles. The number of likely N-dealkylation sites (N-methyl/N-ethyl adjacent to an activating group) is 1. The molecule has 1 aromatic carbocycles. The van der Waals surface area contributed by atoms with Crippen LogP contribution in [0.2, 0.25) is 0 Å². The quantitative estimate of drug-likeness (QED) is 0.896. The van der Waals surface area contributed by atoms with Crippen molar-refractivity contribution in [2.45, 2.75) is 19.9 Å². The van der Waals surface area contributed by atoms with Gasteiger partial charge in [-0.3, -0.25) is 4.79 Å². The van der Waals surface area contributed by atoms with Crippen molar-refractivity contribution in [1.82, 2.24) is 4.90 Å². The van der Waals surface area contributed by atoms with Crippen LogP contribution in [0.25, 0.3) is 0 Å². The molecule has 1 aliphatic rings. The number of carbonyl (C=O) groups is 1. The molecule has 2 heterocycles. The molecule has 1 aliphatic heterocycles. The fraction of sp³-hybridized carbons (Fsp3) is 0.312. The van der Waals surface area contributed by atoms with E-state index in [0.717, 1.165) is 36.3 Å². The van der Waals surface area contributed by atoms with Gasteiger partial charge in [0.25, 0.3) is 5.91 Å². The van der Waals surface area contributed by atoms with Gasteiger partial charge in [0.1, 0.15) is 0 Å². The molecule has 0 fully saturated rings. The molecular formula is C16H19N3OS. The fourth-order valence-electron chi connectivity index (χ4n) is 2.70. The number of nitrogens with two attached hydrogens (primary N) is 1. The molecule has 2 aromatic rings. The molecule has 21 heavy (non-hydrogen) atoms. The maximum absolute atomic E-state index is 12.6. The Labute approximate surface area is 128 Å². The van der Waals surface area contributed by atoms with Crippen molar-refractivity contribution in [3.05, 3.63) is 45.8 Å². The van der Waals surface area contributed by atoms with E-state index in [0.29, 0.717) is 10.6 Å². The highest BCUT2D eigenvalue weighted by Crippen LogP contribution is 2.35. The number of fused-ring (bicyclic) bond motifs is 1. The van der Waals surface area contributed by atoms with E-state index < -0.39 is 0 Å². The highest BCUT2D eigenvalue weighted by Gasteiger charge is 2.25. The monoisotopic (exact) mass is 301 g/mol. The van der Waals surface area contributed by atoms with E-state index in [1.54, 1.807) is 0 Å². The average Bonchev–Trinajstić information content (AvgIpc) is 2.76. The normalized spacial score (nSPS) is 14.8. The zero-order valence-corrected chi connectivity index (χ0v) is 13.1. The lowest BCUT2D eigenvalue weighted by Gasteiger charge is -2.22. The molecule has 0 spiro atoms. The van der Waals surface area contributed by atoms with Gasteiger partial charge in [0.15, 0.2) is 0 Å². The first-order chi connectivity index (χ1) is 10.1. The van der Waals surface area contributed by atoms with Crippen LogP contribution in [-0.2, 0) is 13.0 Å². The number of aryl methyl sites for hydroxylation is 1. The summed E-state index contributed by atoms with van der Waals surface area (Å²) in [5.74, 6) is -0.0937. The molecule has 0 unspecified atom stereocenters. The Balaban J connectivity index is 1.91. The number of anilines is 2. The van der Waals surface area contributed by atoms with Gasteiger partial charge in [-0.05, 0) is 37.6 Å². The van der Waals surface area contributed by atoms with Gasteiger partial charge in [0, 0.05) is 23.7 Å². The lowest BCUT2D eigenvalue weighted by molar-refractivity contribution is 0.102. The van der Waals surface area contributed by atoms with Gasteiger partial charge in [0.05, 0.1) is 10.6 Å². The van der Waals surface area contributed by atoms with Gasteiger partial charge in [-0.25, -0.2) is 0 Å². The third-order valence-electron chi connectivity index (χ3n) is 3.90. The number of hydrogen-bond donors (Lipinski definition) is 2. The van der Waals surface area contributed by atoms with Gasteiger partial charge in [-0.15, -0.1) is 11.3 Å². The van der Waals surface area contributed by atoms with E-state index in [1.807, 2.05) is 31.2 Å². The van der Waals surface area contributed by atoms with E-state index in [-0.39, 0.29) is 5.91 Å². The van der Waals surface area contributed by atoms with Crippen molar-refractivity contribution in [2.24, 2.45) is 0 Å². The summed E-state index contributed by atoms with van der Waals surface area (Å²) in [7, 11) is 2.09. The second-order valence-corrected chi connectivity index (χ2v) is 6.64. The maximum atomic E-state index is 12.6. The van der Waals surface area contributed by atoms with E-state index in [2.05, 4.69) is 17.3 Å². The Hall–Kier alpha value is -1.85. The second kappa shape index (κ2) is 5.50. The zero-order chi connectivity index (χ0) is 15.0. The molecule has 4 nitrogen and oxygen atoms in total. The summed E-state index contributed by atoms with van der Waals surface area (Å²) in [4.78, 5) is 16.1. The number of hydrogen-bond acceptors (Lipinski definition) is 4. The van der Waals surface area contributed by atoms with Crippen molar-refractivity contribution in [1.29, 1.82) is 0 Å². The van der Waals surface area contributed by atoms with Gasteiger partial charge in [0.2, 0.25) is 0 Å². The largest absolute Gasteiger partial charge is 0.390 e. The summed E-state index contributed by atoms with van der Waals surface area (Å²) in [5.41, 5.74) is 9.79. The lowest BCUT2D eigenvalue weighted by atomic mass is 10.0. The van der Waals surface area contributed by atoms with Crippen LogP contribution in [0.3, 0.4) is 0 Å². The Kier molecular flexibility index (Phi) is 3.69. The van der Waals surface area contributed by atoms with Crippen molar-refractivity contribution in [2.75, 3.05) is 24.6 Å². The average molecular weight is 301 g/mol. The Morgan fingerprint density at radius 2 is 2.14 bits per heavy atom. The van der Waals surface area contributed by atoms with Crippen LogP contribution in [0.1, 0.15) is 26.4 Å². The van der Waals surface area contributed by atoms with Crippen LogP contribution < -0.4 is 11.1 Å². The Bertz CT molecular complexity index is 693. The second-order valence-electron chi connectivity index (χ2n) is 5.50. The Morgan fingerprint density at radius 3 is 2.90 bits per heavy atom. The van der Waals surface area contributed by atoms with Crippen LogP contribution in [-0.4, -0.2) is 24.4 Å². The summed E-state index contributed by atoms with van der Waals surface area (Å²) < 4.78 is 0. The summed E-state index contributed by atoms with van der Waals surface area (Å²) in [5, 5.41) is 3.62. The van der Waals surface area contributed by atoms with E-state index in [1.165, 1.54) is 16.2 Å². The number of nitrogen functional groups attached to an aromatic ring is 1. The predicted molar refractivity (Wildman–Crippen MR) is 87.9 cm³/mol. The van der Waals surface area contributed by atoms with Crippen molar-refractivity contribution < 1.29 is 4.79 Å². The SMILES string of the molecule is Cc1ccccc1NC(=O)c1c(N)sc2c1CCN(C)C2. The number of nitrogens with one attached hydrogen (secondary N) is 1. The van der Waals surface area contributed by atoms with E-state index in [9.17, 15) is 4.79 Å². The molecular weight excluding hydrogens is 282 g/mol. The Morgan fingerprint density at radius 1 is 1.38 bits per heavy atom. The summed E-state index contributed by atoms with van der Waals surface area (Å²) in [6.07, 6.45) is 0.885. The van der Waals surface area contributed by atoms with Crippen molar-refractivity contribution in [3.8, 4) is 0 Å². The summed E-state index contributed by atoms with van der Waals surface area (Å²) >= 11 is 1.54. The minimum atomic E-state index is -0.0937. The van der Waals surface area contributed by atoms with Gasteiger partial charge < -0.3 is 16.0 Å². The molecule has 0 bridgehead atoms. The molecule has 1 aromatic heterocycles. The first-order valence-electron chi connectivity index (χ1n) is 7.02. The minimum absolute atomic E-state index is 0.0937. The molecule has 3 N–H and O–H groups in total. The van der Waals surface area contributed by atoms with Crippen molar-refractivity contribution >= 4 is 27.9 Å². The van der Waals surface area contributed by atoms with Gasteiger partial charge >= 0.3 is 0 Å². The third kappa shape index (κ3) is 2.66. The molecule has 1 amide bonds. The number of nitrogens with zero attached hydrogens (tertiary/aromatic N) is 1. The van der Waals surface area contributed by atoms with Crippen LogP contribution in [0.4, 0.5) is 10.7 Å². The number of thiophene rings is 1. The van der Waals surface area contributed by atoms with Gasteiger partial charge in [-0.1, -0.05) is 18.2 Å². The standard InChI is InChI=1S/C16H19N3OS/c1-10-5-3-4-6-12(10)18-16(20)14-11-7-8-19(2)9-13(11)21-15(14)17/h3-6H,7-9,17H2,1-2H3,(H,18,20). The molecule has 5 heteroatoms. The maximum Gasteiger partial charge on any atom is 0.258 e. The highest BCUT2D eigenvalue weighted by atomic mass is 32.1. The lowest BCUT2D eigenvalue weighted by Crippen LogP contribution is -2.27. The predicted octanol–water partition coefficient (Wildman–Crippen LogP) is 2.88. The smallest absolute Gasteiger partial charge is 0.258 e. The minimum Gasteiger partial charge on any atom is -0.390 e. The third-order valence-corrected chi connectivity index (χ3v) is 4.94. The number of carbonyl (C=O) groups excluding carboxylic acids is 1. The summed E-state index contributed by atoms with van der Waals surface area (Å²) in [6.45, 7) is 3.83. The molecule has 110 valence electrons.